The van der Waals surface area contributed by atoms with Crippen molar-refractivity contribution in [1.82, 2.24) is 10.7 Å². The fourth-order valence-electron chi connectivity index (χ4n) is 1.14. The predicted octanol–water partition coefficient (Wildman–Crippen LogP) is 1.09. The van der Waals surface area contributed by atoms with Crippen LogP contribution >= 0.6 is 34.5 Å². The average molecular weight is 296 g/mol. The molecule has 17 heavy (non-hydrogen) atoms. The zero-order valence-corrected chi connectivity index (χ0v) is 11.1. The quantitative estimate of drug-likeness (QED) is 0.329. The summed E-state index contributed by atoms with van der Waals surface area (Å²) in [5.41, 5.74) is 2.76. The van der Waals surface area contributed by atoms with Gasteiger partial charge in [0.25, 0.3) is 0 Å². The standard InChI is InChI=1S/C9H11Cl2N3O2S/c10-6-3-5(9(11)17-6)1-2-13-7(15)4-8(16)14-12/h3H,1-2,4,12H2,(H,13,15)(H,14,16). The van der Waals surface area contributed by atoms with E-state index >= 15 is 0 Å². The van der Waals surface area contributed by atoms with Gasteiger partial charge in [-0.1, -0.05) is 23.2 Å². The first kappa shape index (κ1) is 14.2. The van der Waals surface area contributed by atoms with Crippen LogP contribution in [0.5, 0.6) is 0 Å². The van der Waals surface area contributed by atoms with Gasteiger partial charge in [-0.3, -0.25) is 15.0 Å². The van der Waals surface area contributed by atoms with Crippen LogP contribution in [0.2, 0.25) is 8.67 Å². The van der Waals surface area contributed by atoms with E-state index in [1.165, 1.54) is 11.3 Å². The Morgan fingerprint density at radius 2 is 2.06 bits per heavy atom. The maximum absolute atomic E-state index is 11.2. The molecule has 4 N–H and O–H groups in total. The van der Waals surface area contributed by atoms with Gasteiger partial charge < -0.3 is 5.32 Å². The summed E-state index contributed by atoms with van der Waals surface area (Å²) >= 11 is 13.0. The molecule has 1 aromatic rings. The minimum atomic E-state index is -0.529. The van der Waals surface area contributed by atoms with Crippen molar-refractivity contribution in [2.24, 2.45) is 5.84 Å². The summed E-state index contributed by atoms with van der Waals surface area (Å²) in [5, 5.41) is 2.58. The number of nitrogens with two attached hydrogens (primary N) is 1. The molecular formula is C9H11Cl2N3O2S. The van der Waals surface area contributed by atoms with Crippen LogP contribution in [0.4, 0.5) is 0 Å². The number of halogens is 2. The zero-order valence-electron chi connectivity index (χ0n) is 8.76. The Hall–Kier alpha value is -0.820. The lowest BCUT2D eigenvalue weighted by atomic mass is 10.2. The zero-order chi connectivity index (χ0) is 12.8. The maximum Gasteiger partial charge on any atom is 0.243 e. The van der Waals surface area contributed by atoms with Crippen LogP contribution in [0.15, 0.2) is 6.07 Å². The number of hydrogen-bond donors (Lipinski definition) is 3. The van der Waals surface area contributed by atoms with Crippen LogP contribution in [0.25, 0.3) is 0 Å². The van der Waals surface area contributed by atoms with Crippen molar-refractivity contribution in [3.05, 3.63) is 20.3 Å². The predicted molar refractivity (Wildman–Crippen MR) is 68.0 cm³/mol. The highest BCUT2D eigenvalue weighted by atomic mass is 35.5. The molecule has 0 atom stereocenters. The molecule has 1 aromatic heterocycles. The highest BCUT2D eigenvalue weighted by molar-refractivity contribution is 7.20. The highest BCUT2D eigenvalue weighted by Crippen LogP contribution is 2.31. The van der Waals surface area contributed by atoms with Crippen molar-refractivity contribution in [2.45, 2.75) is 12.8 Å². The van der Waals surface area contributed by atoms with E-state index < -0.39 is 5.91 Å². The summed E-state index contributed by atoms with van der Waals surface area (Å²) in [5.74, 6) is 3.94. The SMILES string of the molecule is NNC(=O)CC(=O)NCCc1cc(Cl)sc1Cl. The Bertz CT molecular complexity index is 422. The molecule has 1 heterocycles. The van der Waals surface area contributed by atoms with Crippen molar-refractivity contribution in [3.63, 3.8) is 0 Å². The fourth-order valence-corrected chi connectivity index (χ4v) is 2.69. The molecule has 8 heteroatoms. The number of rotatable bonds is 5. The molecule has 94 valence electrons. The van der Waals surface area contributed by atoms with Crippen LogP contribution in [0.1, 0.15) is 12.0 Å². The first-order valence-electron chi connectivity index (χ1n) is 4.72. The second kappa shape index (κ2) is 6.80. The number of hydrazine groups is 1. The van der Waals surface area contributed by atoms with Crippen molar-refractivity contribution in [1.29, 1.82) is 0 Å². The Labute approximate surface area is 112 Å². The minimum Gasteiger partial charge on any atom is -0.355 e. The van der Waals surface area contributed by atoms with E-state index in [-0.39, 0.29) is 12.3 Å². The second-order valence-corrected chi connectivity index (χ2v) is 5.48. The van der Waals surface area contributed by atoms with Gasteiger partial charge in [0.1, 0.15) is 6.42 Å². The third kappa shape index (κ3) is 4.91. The molecule has 2 amide bonds. The van der Waals surface area contributed by atoms with Gasteiger partial charge in [-0.15, -0.1) is 11.3 Å². The number of nitrogens with one attached hydrogen (secondary N) is 2. The lowest BCUT2D eigenvalue weighted by Gasteiger charge is -2.03. The topological polar surface area (TPSA) is 84.2 Å². The molecule has 5 nitrogen and oxygen atoms in total. The van der Waals surface area contributed by atoms with Crippen LogP contribution in [-0.4, -0.2) is 18.4 Å². The van der Waals surface area contributed by atoms with Crippen molar-refractivity contribution < 1.29 is 9.59 Å². The highest BCUT2D eigenvalue weighted by Gasteiger charge is 2.09. The van der Waals surface area contributed by atoms with Gasteiger partial charge in [-0.05, 0) is 18.1 Å². The third-order valence-electron chi connectivity index (χ3n) is 1.93. The van der Waals surface area contributed by atoms with Gasteiger partial charge >= 0.3 is 0 Å². The van der Waals surface area contributed by atoms with E-state index in [0.717, 1.165) is 5.56 Å². The van der Waals surface area contributed by atoms with Gasteiger partial charge in [0.05, 0.1) is 8.67 Å². The Morgan fingerprint density at radius 3 is 2.59 bits per heavy atom. The molecule has 0 spiro atoms. The van der Waals surface area contributed by atoms with Crippen LogP contribution in [0.3, 0.4) is 0 Å². The van der Waals surface area contributed by atoms with E-state index in [1.807, 2.05) is 5.43 Å². The normalized spacial score (nSPS) is 10.1. The van der Waals surface area contributed by atoms with Crippen molar-refractivity contribution in [3.8, 4) is 0 Å². The Balaban J connectivity index is 2.30. The van der Waals surface area contributed by atoms with Gasteiger partial charge in [0.2, 0.25) is 11.8 Å². The summed E-state index contributed by atoms with van der Waals surface area (Å²) in [6.07, 6.45) is 0.284. The van der Waals surface area contributed by atoms with Crippen LogP contribution in [-0.2, 0) is 16.0 Å². The first-order valence-corrected chi connectivity index (χ1v) is 6.30. The summed E-state index contributed by atoms with van der Waals surface area (Å²) in [6.45, 7) is 0.392. The largest absolute Gasteiger partial charge is 0.355 e. The smallest absolute Gasteiger partial charge is 0.243 e. The molecule has 0 unspecified atom stereocenters. The van der Waals surface area contributed by atoms with E-state index in [0.29, 0.717) is 21.6 Å². The first-order chi connectivity index (χ1) is 8.02. The number of carbonyl (C=O) groups is 2. The van der Waals surface area contributed by atoms with Gasteiger partial charge in [-0.2, -0.15) is 0 Å². The van der Waals surface area contributed by atoms with Gasteiger partial charge in [0.15, 0.2) is 0 Å². The Morgan fingerprint density at radius 1 is 1.35 bits per heavy atom. The summed E-state index contributed by atoms with van der Waals surface area (Å²) in [4.78, 5) is 22.0. The third-order valence-corrected chi connectivity index (χ3v) is 3.49. The van der Waals surface area contributed by atoms with Crippen LogP contribution < -0.4 is 16.6 Å². The van der Waals surface area contributed by atoms with Gasteiger partial charge in [-0.25, -0.2) is 5.84 Å². The number of thiophene rings is 1. The molecule has 0 saturated carbocycles. The Kier molecular flexibility index (Phi) is 5.70. The fraction of sp³-hybridized carbons (Fsp3) is 0.333. The van der Waals surface area contributed by atoms with E-state index in [2.05, 4.69) is 5.32 Å². The number of carbonyl (C=O) groups excluding carboxylic acids is 2. The van der Waals surface area contributed by atoms with Gasteiger partial charge in [0, 0.05) is 6.54 Å². The number of hydrogen-bond acceptors (Lipinski definition) is 4. The van der Waals surface area contributed by atoms with E-state index in [4.69, 9.17) is 29.0 Å². The van der Waals surface area contributed by atoms with Crippen LogP contribution in [0, 0.1) is 0 Å². The second-order valence-electron chi connectivity index (χ2n) is 3.19. The number of amides is 2. The molecule has 0 aliphatic carbocycles. The molecule has 0 aliphatic heterocycles. The van der Waals surface area contributed by atoms with Crippen molar-refractivity contribution >= 4 is 46.4 Å². The maximum atomic E-state index is 11.2. The molecule has 0 aliphatic rings. The molecule has 0 bridgehead atoms. The summed E-state index contributed by atoms with van der Waals surface area (Å²) < 4.78 is 1.22. The minimum absolute atomic E-state index is 0.283. The monoisotopic (exact) mass is 295 g/mol. The van der Waals surface area contributed by atoms with E-state index in [1.54, 1.807) is 6.07 Å². The molecule has 0 radical (unpaired) electrons. The van der Waals surface area contributed by atoms with Crippen molar-refractivity contribution in [2.75, 3.05) is 6.54 Å². The molecule has 0 saturated heterocycles. The molecular weight excluding hydrogens is 285 g/mol. The van der Waals surface area contributed by atoms with E-state index in [9.17, 15) is 9.59 Å². The lowest BCUT2D eigenvalue weighted by Crippen LogP contribution is -2.36. The molecule has 0 fully saturated rings. The average Bonchev–Trinajstić information content (AvgIpc) is 2.57. The molecule has 1 rings (SSSR count). The summed E-state index contributed by atoms with van der Waals surface area (Å²) in [7, 11) is 0. The molecule has 0 aromatic carbocycles. The lowest BCUT2D eigenvalue weighted by molar-refractivity contribution is -0.129. The summed E-state index contributed by atoms with van der Waals surface area (Å²) in [6, 6.07) is 1.76.